The van der Waals surface area contributed by atoms with E-state index in [-0.39, 0.29) is 17.5 Å². The number of aromatic nitrogens is 7. The highest BCUT2D eigenvalue weighted by atomic mass is 32.1. The van der Waals surface area contributed by atoms with Crippen molar-refractivity contribution >= 4 is 39.1 Å². The quantitative estimate of drug-likeness (QED) is 0.339. The number of rotatable bonds is 5. The van der Waals surface area contributed by atoms with Crippen LogP contribution in [0.1, 0.15) is 18.9 Å². The third kappa shape index (κ3) is 3.65. The molecule has 6 aromatic rings. The van der Waals surface area contributed by atoms with Crippen molar-refractivity contribution in [2.45, 2.75) is 26.8 Å². The van der Waals surface area contributed by atoms with Crippen LogP contribution < -0.4 is 11.0 Å². The lowest BCUT2D eigenvalue weighted by molar-refractivity contribution is 0.633. The molecule has 0 aliphatic heterocycles. The van der Waals surface area contributed by atoms with Crippen LogP contribution in [0.3, 0.4) is 0 Å². The first-order valence-corrected chi connectivity index (χ1v) is 13.0. The minimum atomic E-state index is -0.354. The summed E-state index contributed by atoms with van der Waals surface area (Å²) in [4.78, 5) is 27.2. The summed E-state index contributed by atoms with van der Waals surface area (Å²) in [6.45, 7) is 5.99. The smallest absolute Gasteiger partial charge is 0.328 e. The molecule has 0 saturated heterocycles. The molecule has 9 nitrogen and oxygen atoms in total. The average Bonchev–Trinajstić information content (AvgIpc) is 3.62. The van der Waals surface area contributed by atoms with Gasteiger partial charge in [0.2, 0.25) is 0 Å². The molecule has 0 bridgehead atoms. The van der Waals surface area contributed by atoms with Gasteiger partial charge in [-0.1, -0.05) is 0 Å². The molecule has 194 valence electrons. The van der Waals surface area contributed by atoms with Gasteiger partial charge in [-0.05, 0) is 39.0 Å². The van der Waals surface area contributed by atoms with Crippen molar-refractivity contribution in [1.82, 2.24) is 33.2 Å². The second kappa shape index (κ2) is 8.66. The van der Waals surface area contributed by atoms with Gasteiger partial charge in [0.25, 0.3) is 0 Å². The Morgan fingerprint density at radius 2 is 1.82 bits per heavy atom. The van der Waals surface area contributed by atoms with Crippen LogP contribution in [0, 0.1) is 12.7 Å². The molecule has 0 aliphatic rings. The fraction of sp³-hybridized carbons (Fsp3) is 0.259. The fourth-order valence-electron chi connectivity index (χ4n) is 4.97. The highest BCUT2D eigenvalue weighted by Crippen LogP contribution is 2.36. The Morgan fingerprint density at radius 1 is 1.03 bits per heavy atom. The predicted molar refractivity (Wildman–Crippen MR) is 150 cm³/mol. The standard InChI is InChI=1S/C27H27FN8OS/c1-14(2)31-20-7-16(8-22-25(20)35(6)27(37)34(22)5)36-21-10-18(28)17(24-12-30-15(3)38-24)9-19(21)32-26(36)23-11-29-13-33(23)4/h7-14,31H,1-6H3. The Morgan fingerprint density at radius 3 is 2.47 bits per heavy atom. The Kier molecular flexibility index (Phi) is 5.49. The number of thiazole rings is 1. The molecule has 4 aromatic heterocycles. The highest BCUT2D eigenvalue weighted by Gasteiger charge is 2.22. The lowest BCUT2D eigenvalue weighted by atomic mass is 10.1. The topological polar surface area (TPSA) is 87.5 Å². The zero-order chi connectivity index (χ0) is 26.9. The van der Waals surface area contributed by atoms with Gasteiger partial charge >= 0.3 is 5.69 Å². The number of hydrogen-bond donors (Lipinski definition) is 1. The van der Waals surface area contributed by atoms with Crippen LogP contribution in [-0.2, 0) is 21.1 Å². The largest absolute Gasteiger partial charge is 0.381 e. The van der Waals surface area contributed by atoms with Crippen LogP contribution >= 0.6 is 11.3 Å². The van der Waals surface area contributed by atoms with Gasteiger partial charge in [0.05, 0.1) is 55.9 Å². The summed E-state index contributed by atoms with van der Waals surface area (Å²) in [5.41, 5.74) is 5.49. The summed E-state index contributed by atoms with van der Waals surface area (Å²) in [6, 6.07) is 7.36. The molecule has 0 spiro atoms. The summed E-state index contributed by atoms with van der Waals surface area (Å²) in [6.07, 6.45) is 5.14. The van der Waals surface area contributed by atoms with Crippen molar-refractivity contribution in [3.63, 3.8) is 0 Å². The lowest BCUT2D eigenvalue weighted by Gasteiger charge is -2.16. The summed E-state index contributed by atoms with van der Waals surface area (Å²) in [5, 5.41) is 4.35. The Labute approximate surface area is 221 Å². The number of aryl methyl sites for hydroxylation is 4. The second-order valence-corrected chi connectivity index (χ2v) is 11.0. The zero-order valence-electron chi connectivity index (χ0n) is 21.9. The molecule has 0 atom stereocenters. The molecule has 0 aliphatic carbocycles. The number of hydrogen-bond acceptors (Lipinski definition) is 6. The molecule has 0 fully saturated rings. The van der Waals surface area contributed by atoms with E-state index < -0.39 is 0 Å². The van der Waals surface area contributed by atoms with Crippen molar-refractivity contribution in [2.24, 2.45) is 21.1 Å². The van der Waals surface area contributed by atoms with Gasteiger partial charge in [-0.15, -0.1) is 11.3 Å². The first-order chi connectivity index (χ1) is 18.1. The van der Waals surface area contributed by atoms with E-state index in [1.54, 1.807) is 48.0 Å². The third-order valence-electron chi connectivity index (χ3n) is 6.72. The molecule has 0 saturated carbocycles. The van der Waals surface area contributed by atoms with Gasteiger partial charge in [0, 0.05) is 45.0 Å². The van der Waals surface area contributed by atoms with Gasteiger partial charge in [0.15, 0.2) is 5.82 Å². The molecule has 38 heavy (non-hydrogen) atoms. The molecule has 0 radical (unpaired) electrons. The maximum atomic E-state index is 15.6. The van der Waals surface area contributed by atoms with Crippen LogP contribution in [0.25, 0.3) is 49.7 Å². The van der Waals surface area contributed by atoms with E-state index in [1.807, 2.05) is 49.1 Å². The van der Waals surface area contributed by atoms with Gasteiger partial charge < -0.3 is 9.88 Å². The molecule has 6 rings (SSSR count). The molecular weight excluding hydrogens is 503 g/mol. The van der Waals surface area contributed by atoms with Gasteiger partial charge in [-0.3, -0.25) is 13.7 Å². The SMILES string of the molecule is Cc1ncc(-c2cc3nc(-c4cncn4C)n(-c4cc(NC(C)C)c5c(c4)n(C)c(=O)n5C)c3cc2F)s1. The third-order valence-corrected chi connectivity index (χ3v) is 7.67. The number of nitrogens with zero attached hydrogens (tertiary/aromatic N) is 7. The number of benzene rings is 2. The fourth-order valence-corrected chi connectivity index (χ4v) is 5.76. The van der Waals surface area contributed by atoms with E-state index in [4.69, 9.17) is 4.98 Å². The average molecular weight is 531 g/mol. The van der Waals surface area contributed by atoms with Crippen molar-refractivity contribution in [1.29, 1.82) is 0 Å². The molecule has 4 heterocycles. The molecule has 11 heteroatoms. The first kappa shape index (κ1) is 24.1. The normalized spacial score (nSPS) is 11.9. The monoisotopic (exact) mass is 530 g/mol. The van der Waals surface area contributed by atoms with E-state index in [1.165, 1.54) is 17.4 Å². The molecule has 0 amide bonds. The van der Waals surface area contributed by atoms with Crippen molar-refractivity contribution in [3.05, 3.63) is 64.3 Å². The number of nitrogens with one attached hydrogen (secondary N) is 1. The number of imidazole rings is 3. The Bertz CT molecular complexity index is 1920. The number of halogens is 1. The van der Waals surface area contributed by atoms with Crippen LogP contribution in [0.5, 0.6) is 0 Å². The minimum Gasteiger partial charge on any atom is -0.381 e. The molecule has 0 unspecified atom stereocenters. The first-order valence-electron chi connectivity index (χ1n) is 12.2. The Balaban J connectivity index is 1.70. The molecule has 1 N–H and O–H groups in total. The maximum absolute atomic E-state index is 15.6. The van der Waals surface area contributed by atoms with Crippen molar-refractivity contribution < 1.29 is 4.39 Å². The highest BCUT2D eigenvalue weighted by molar-refractivity contribution is 7.15. The van der Waals surface area contributed by atoms with Crippen molar-refractivity contribution in [2.75, 3.05) is 5.32 Å². The van der Waals surface area contributed by atoms with Crippen LogP contribution in [0.15, 0.2) is 47.8 Å². The van der Waals surface area contributed by atoms with Crippen LogP contribution in [-0.4, -0.2) is 39.3 Å². The summed E-state index contributed by atoms with van der Waals surface area (Å²) in [7, 11) is 5.42. The summed E-state index contributed by atoms with van der Waals surface area (Å²) in [5.74, 6) is 0.264. The minimum absolute atomic E-state index is 0.123. The maximum Gasteiger partial charge on any atom is 0.328 e. The Hall–Kier alpha value is -4.25. The number of fused-ring (bicyclic) bond motifs is 2. The zero-order valence-corrected chi connectivity index (χ0v) is 22.8. The summed E-state index contributed by atoms with van der Waals surface area (Å²) < 4.78 is 22.7. The van der Waals surface area contributed by atoms with Gasteiger partial charge in [-0.2, -0.15) is 0 Å². The van der Waals surface area contributed by atoms with Crippen molar-refractivity contribution in [3.8, 4) is 27.6 Å². The molecule has 2 aromatic carbocycles. The van der Waals surface area contributed by atoms with E-state index in [9.17, 15) is 4.79 Å². The predicted octanol–water partition coefficient (Wildman–Crippen LogP) is 5.01. The van der Waals surface area contributed by atoms with Gasteiger partial charge in [-0.25, -0.2) is 24.1 Å². The van der Waals surface area contributed by atoms with Crippen LogP contribution in [0.2, 0.25) is 0 Å². The van der Waals surface area contributed by atoms with E-state index >= 15 is 4.39 Å². The van der Waals surface area contributed by atoms with Crippen LogP contribution in [0.4, 0.5) is 10.1 Å². The summed E-state index contributed by atoms with van der Waals surface area (Å²) >= 11 is 1.44. The molecular formula is C27H27FN8OS. The second-order valence-electron chi connectivity index (χ2n) is 9.79. The van der Waals surface area contributed by atoms with Gasteiger partial charge in [0.1, 0.15) is 11.5 Å². The lowest BCUT2D eigenvalue weighted by Crippen LogP contribution is -2.19. The van der Waals surface area contributed by atoms with E-state index in [0.29, 0.717) is 22.4 Å². The number of anilines is 1. The van der Waals surface area contributed by atoms with E-state index in [0.717, 1.165) is 38.0 Å². The van der Waals surface area contributed by atoms with E-state index in [2.05, 4.69) is 15.3 Å².